The van der Waals surface area contributed by atoms with Crippen molar-refractivity contribution in [3.05, 3.63) is 98.5 Å². The van der Waals surface area contributed by atoms with Crippen molar-refractivity contribution in [3.8, 4) is 11.8 Å². The standard InChI is InChI=1S/C22H13Cl2F2N3O2/c23-18-7-15(8-19(24)21(18)31-12-13-1-4-16(25)5-2-13)11-28-29-22(30)17-6-3-14(10-27)9-20(17)26/h1-9,11H,12H2,(H,29,30)/b28-11-. The van der Waals surface area contributed by atoms with Gasteiger partial charge in [-0.25, -0.2) is 14.2 Å². The molecule has 3 aromatic carbocycles. The predicted octanol–water partition coefficient (Wildman–Crippen LogP) is 5.49. The Labute approximate surface area is 186 Å². The molecule has 0 aliphatic rings. The van der Waals surface area contributed by atoms with E-state index in [1.54, 1.807) is 18.2 Å². The van der Waals surface area contributed by atoms with Crippen LogP contribution in [0.4, 0.5) is 8.78 Å². The number of hydrazone groups is 1. The van der Waals surface area contributed by atoms with Gasteiger partial charge >= 0.3 is 0 Å². The number of hydrogen-bond acceptors (Lipinski definition) is 4. The van der Waals surface area contributed by atoms with Crippen molar-refractivity contribution >= 4 is 35.3 Å². The molecule has 31 heavy (non-hydrogen) atoms. The molecule has 9 heteroatoms. The first-order valence-corrected chi connectivity index (χ1v) is 9.52. The number of nitrogens with one attached hydrogen (secondary N) is 1. The zero-order chi connectivity index (χ0) is 22.4. The number of nitriles is 1. The van der Waals surface area contributed by atoms with Crippen LogP contribution in [0.3, 0.4) is 0 Å². The Hall–Kier alpha value is -3.47. The molecule has 0 aliphatic heterocycles. The maximum absolute atomic E-state index is 13.9. The molecule has 0 atom stereocenters. The fourth-order valence-electron chi connectivity index (χ4n) is 2.52. The molecule has 0 fully saturated rings. The maximum Gasteiger partial charge on any atom is 0.274 e. The zero-order valence-corrected chi connectivity index (χ0v) is 17.2. The van der Waals surface area contributed by atoms with Crippen LogP contribution >= 0.6 is 23.2 Å². The number of rotatable bonds is 6. The second kappa shape index (κ2) is 10.0. The van der Waals surface area contributed by atoms with Crippen molar-refractivity contribution in [1.29, 1.82) is 5.26 Å². The van der Waals surface area contributed by atoms with Crippen LogP contribution in [-0.2, 0) is 6.61 Å². The van der Waals surface area contributed by atoms with Crippen molar-refractivity contribution < 1.29 is 18.3 Å². The number of hydrogen-bond donors (Lipinski definition) is 1. The van der Waals surface area contributed by atoms with Gasteiger partial charge in [0.1, 0.15) is 18.2 Å². The predicted molar refractivity (Wildman–Crippen MR) is 113 cm³/mol. The fraction of sp³-hybridized carbons (Fsp3) is 0.0455. The van der Waals surface area contributed by atoms with Gasteiger partial charge in [-0.1, -0.05) is 35.3 Å². The molecular formula is C22H13Cl2F2N3O2. The molecule has 156 valence electrons. The number of ether oxygens (including phenoxy) is 1. The van der Waals surface area contributed by atoms with E-state index in [1.807, 2.05) is 0 Å². The highest BCUT2D eigenvalue weighted by Crippen LogP contribution is 2.34. The Bertz CT molecular complexity index is 1170. The van der Waals surface area contributed by atoms with Crippen LogP contribution in [0.5, 0.6) is 5.75 Å². The van der Waals surface area contributed by atoms with E-state index in [0.29, 0.717) is 5.56 Å². The summed E-state index contributed by atoms with van der Waals surface area (Å²) in [5.74, 6) is -1.72. The minimum absolute atomic E-state index is 0.101. The largest absolute Gasteiger partial charge is 0.486 e. The van der Waals surface area contributed by atoms with Crippen LogP contribution in [-0.4, -0.2) is 12.1 Å². The van der Waals surface area contributed by atoms with Crippen molar-refractivity contribution in [1.82, 2.24) is 5.43 Å². The highest BCUT2D eigenvalue weighted by molar-refractivity contribution is 6.37. The van der Waals surface area contributed by atoms with Gasteiger partial charge in [-0.2, -0.15) is 10.4 Å². The van der Waals surface area contributed by atoms with Gasteiger partial charge < -0.3 is 4.74 Å². The molecule has 1 N–H and O–H groups in total. The van der Waals surface area contributed by atoms with Crippen LogP contribution in [0, 0.1) is 23.0 Å². The van der Waals surface area contributed by atoms with Crippen LogP contribution in [0.1, 0.15) is 27.0 Å². The SMILES string of the molecule is N#Cc1ccc(C(=O)N/N=C\c2cc(Cl)c(OCc3ccc(F)cc3)c(Cl)c2)c(F)c1. The lowest BCUT2D eigenvalue weighted by atomic mass is 10.1. The summed E-state index contributed by atoms with van der Waals surface area (Å²) in [6, 6.07) is 14.1. The first-order valence-electron chi connectivity index (χ1n) is 8.76. The Balaban J connectivity index is 1.65. The van der Waals surface area contributed by atoms with Crippen molar-refractivity contribution in [2.45, 2.75) is 6.61 Å². The summed E-state index contributed by atoms with van der Waals surface area (Å²) < 4.78 is 32.5. The lowest BCUT2D eigenvalue weighted by molar-refractivity contribution is 0.0951. The maximum atomic E-state index is 13.9. The highest BCUT2D eigenvalue weighted by Gasteiger charge is 2.12. The third-order valence-corrected chi connectivity index (χ3v) is 4.60. The summed E-state index contributed by atoms with van der Waals surface area (Å²) in [6.07, 6.45) is 1.28. The van der Waals surface area contributed by atoms with Gasteiger partial charge in [-0.3, -0.25) is 4.79 Å². The monoisotopic (exact) mass is 459 g/mol. The summed E-state index contributed by atoms with van der Waals surface area (Å²) in [5, 5.41) is 12.9. The van der Waals surface area contributed by atoms with Crippen LogP contribution in [0.25, 0.3) is 0 Å². The van der Waals surface area contributed by atoms with E-state index in [-0.39, 0.29) is 39.3 Å². The molecule has 1 amide bonds. The number of carbonyl (C=O) groups is 1. The summed E-state index contributed by atoms with van der Waals surface area (Å²) in [5.41, 5.74) is 3.23. The molecule has 0 radical (unpaired) electrons. The Kier molecular flexibility index (Phi) is 7.19. The van der Waals surface area contributed by atoms with Crippen LogP contribution < -0.4 is 10.2 Å². The topological polar surface area (TPSA) is 74.5 Å². The summed E-state index contributed by atoms with van der Waals surface area (Å²) in [7, 11) is 0. The number of nitrogens with zero attached hydrogens (tertiary/aromatic N) is 2. The smallest absolute Gasteiger partial charge is 0.274 e. The second-order valence-electron chi connectivity index (χ2n) is 6.23. The average Bonchev–Trinajstić information content (AvgIpc) is 2.74. The first kappa shape index (κ1) is 22.2. The molecule has 0 aliphatic carbocycles. The molecule has 0 unspecified atom stereocenters. The van der Waals surface area contributed by atoms with Crippen LogP contribution in [0.2, 0.25) is 10.0 Å². The molecule has 0 saturated heterocycles. The van der Waals surface area contributed by atoms with Crippen molar-refractivity contribution in [3.63, 3.8) is 0 Å². The highest BCUT2D eigenvalue weighted by atomic mass is 35.5. The number of halogens is 4. The van der Waals surface area contributed by atoms with Crippen molar-refractivity contribution in [2.75, 3.05) is 0 Å². The van der Waals surface area contributed by atoms with Gasteiger partial charge in [0.2, 0.25) is 0 Å². The molecule has 0 spiro atoms. The van der Waals surface area contributed by atoms with Crippen molar-refractivity contribution in [2.24, 2.45) is 5.10 Å². The van der Waals surface area contributed by atoms with Gasteiger partial charge in [0.15, 0.2) is 5.75 Å². The van der Waals surface area contributed by atoms with Crippen LogP contribution in [0.15, 0.2) is 59.7 Å². The van der Waals surface area contributed by atoms with E-state index < -0.39 is 11.7 Å². The third-order valence-electron chi connectivity index (χ3n) is 4.04. The van der Waals surface area contributed by atoms with E-state index in [1.165, 1.54) is 42.6 Å². The molecule has 3 rings (SSSR count). The molecule has 3 aromatic rings. The third kappa shape index (κ3) is 5.79. The molecule has 0 bridgehead atoms. The number of benzene rings is 3. The van der Waals surface area contributed by atoms with E-state index >= 15 is 0 Å². The van der Waals surface area contributed by atoms with E-state index in [2.05, 4.69) is 10.5 Å². The van der Waals surface area contributed by atoms with E-state index in [0.717, 1.165) is 11.6 Å². The number of amides is 1. The normalized spacial score (nSPS) is 10.7. The van der Waals surface area contributed by atoms with E-state index in [4.69, 9.17) is 33.2 Å². The quantitative estimate of drug-likeness (QED) is 0.391. The van der Waals surface area contributed by atoms with Gasteiger partial charge in [0, 0.05) is 0 Å². The Morgan fingerprint density at radius 2 is 1.77 bits per heavy atom. The van der Waals surface area contributed by atoms with Gasteiger partial charge in [-0.05, 0) is 53.6 Å². The van der Waals surface area contributed by atoms with Gasteiger partial charge in [-0.15, -0.1) is 0 Å². The number of carbonyl (C=O) groups excluding carboxylic acids is 1. The minimum Gasteiger partial charge on any atom is -0.486 e. The van der Waals surface area contributed by atoms with Gasteiger partial charge in [0.05, 0.1) is 33.5 Å². The first-order chi connectivity index (χ1) is 14.9. The lowest BCUT2D eigenvalue weighted by Gasteiger charge is -2.11. The Morgan fingerprint density at radius 1 is 1.10 bits per heavy atom. The second-order valence-corrected chi connectivity index (χ2v) is 7.05. The average molecular weight is 460 g/mol. The fourth-order valence-corrected chi connectivity index (χ4v) is 3.14. The summed E-state index contributed by atoms with van der Waals surface area (Å²) >= 11 is 12.4. The minimum atomic E-state index is -0.833. The summed E-state index contributed by atoms with van der Waals surface area (Å²) in [6.45, 7) is 0.138. The molecule has 5 nitrogen and oxygen atoms in total. The van der Waals surface area contributed by atoms with E-state index in [9.17, 15) is 13.6 Å². The zero-order valence-electron chi connectivity index (χ0n) is 15.7. The molecular weight excluding hydrogens is 447 g/mol. The Morgan fingerprint density at radius 3 is 2.39 bits per heavy atom. The molecule has 0 heterocycles. The van der Waals surface area contributed by atoms with Gasteiger partial charge in [0.25, 0.3) is 5.91 Å². The molecule has 0 aromatic heterocycles. The molecule has 0 saturated carbocycles. The lowest BCUT2D eigenvalue weighted by Crippen LogP contribution is -2.19. The summed E-state index contributed by atoms with van der Waals surface area (Å²) in [4.78, 5) is 12.0.